The number of hydrogen-bond acceptors (Lipinski definition) is 4. The zero-order chi connectivity index (χ0) is 14.2. The van der Waals surface area contributed by atoms with E-state index in [4.69, 9.17) is 11.2 Å². The molecule has 0 radical (unpaired) electrons. The Kier molecular flexibility index (Phi) is 7.59. The first-order chi connectivity index (χ1) is 8.25. The molecule has 0 aromatic heterocycles. The molecule has 0 aromatic carbocycles. The van der Waals surface area contributed by atoms with Gasteiger partial charge in [-0.05, 0) is 13.8 Å². The number of amides is 1. The number of ether oxygens (including phenoxy) is 1. The minimum atomic E-state index is -4.00. The van der Waals surface area contributed by atoms with Crippen LogP contribution in [0.15, 0.2) is 0 Å². The lowest BCUT2D eigenvalue weighted by molar-refractivity contribution is -0.148. The van der Waals surface area contributed by atoms with Gasteiger partial charge in [-0.25, -0.2) is 4.39 Å². The van der Waals surface area contributed by atoms with Gasteiger partial charge in [0.2, 0.25) is 0 Å². The summed E-state index contributed by atoms with van der Waals surface area (Å²) < 4.78 is 42.3. The highest BCUT2D eigenvalue weighted by Gasteiger charge is 2.41. The Morgan fingerprint density at radius 2 is 2.11 bits per heavy atom. The summed E-state index contributed by atoms with van der Waals surface area (Å²) in [5.74, 6) is -3.10. The van der Waals surface area contributed by atoms with Crippen LogP contribution < -0.4 is 5.32 Å². The average molecular weight is 301 g/mol. The van der Waals surface area contributed by atoms with Gasteiger partial charge < -0.3 is 10.1 Å². The van der Waals surface area contributed by atoms with Crippen molar-refractivity contribution in [1.82, 2.24) is 5.32 Å². The van der Waals surface area contributed by atoms with Gasteiger partial charge >= 0.3 is 5.92 Å². The molecule has 3 nitrogen and oxygen atoms in total. The van der Waals surface area contributed by atoms with Crippen LogP contribution >= 0.6 is 21.6 Å². The Hall–Kier alpha value is -0.520. The van der Waals surface area contributed by atoms with E-state index in [2.05, 4.69) is 11.2 Å². The Balaban J connectivity index is 4.08. The second kappa shape index (κ2) is 7.81. The number of rotatable bonds is 8. The molecule has 0 aromatic rings. The van der Waals surface area contributed by atoms with Crippen LogP contribution in [0.1, 0.15) is 13.8 Å². The largest absolute Gasteiger partial charge is 0.357 e. The Morgan fingerprint density at radius 3 is 2.61 bits per heavy atom. The van der Waals surface area contributed by atoms with E-state index in [9.17, 15) is 18.0 Å². The molecule has 0 saturated heterocycles. The van der Waals surface area contributed by atoms with Gasteiger partial charge in [0.05, 0.1) is 4.87 Å². The highest BCUT2D eigenvalue weighted by atomic mass is 33.1. The zero-order valence-electron chi connectivity index (χ0n) is 9.97. The summed E-state index contributed by atoms with van der Waals surface area (Å²) in [5.41, 5.74) is 0. The molecule has 0 rings (SSSR count). The van der Waals surface area contributed by atoms with E-state index in [1.807, 2.05) is 0 Å². The fourth-order valence-electron chi connectivity index (χ4n) is 0.752. The first kappa shape index (κ1) is 17.5. The van der Waals surface area contributed by atoms with Gasteiger partial charge in [-0.3, -0.25) is 4.79 Å². The van der Waals surface area contributed by atoms with E-state index in [0.29, 0.717) is 0 Å². The van der Waals surface area contributed by atoms with Crippen LogP contribution in [-0.2, 0) is 9.53 Å². The summed E-state index contributed by atoms with van der Waals surface area (Å²) in [6, 6.07) is 0. The molecule has 1 amide bonds. The van der Waals surface area contributed by atoms with Crippen LogP contribution in [0, 0.1) is 12.3 Å². The van der Waals surface area contributed by atoms with Gasteiger partial charge in [0.25, 0.3) is 5.91 Å². The van der Waals surface area contributed by atoms with Gasteiger partial charge in [-0.2, -0.15) is 8.78 Å². The van der Waals surface area contributed by atoms with E-state index in [1.165, 1.54) is 24.6 Å². The molecule has 0 bridgehead atoms. The van der Waals surface area contributed by atoms with Crippen LogP contribution in [0.2, 0.25) is 0 Å². The predicted octanol–water partition coefficient (Wildman–Crippen LogP) is 2.43. The monoisotopic (exact) mass is 301 g/mol. The smallest absolute Gasteiger partial charge is 0.352 e. The van der Waals surface area contributed by atoms with Crippen LogP contribution in [0.5, 0.6) is 0 Å². The van der Waals surface area contributed by atoms with Crippen LogP contribution in [-0.4, -0.2) is 35.9 Å². The van der Waals surface area contributed by atoms with Crippen LogP contribution in [0.3, 0.4) is 0 Å². The fraction of sp³-hybridized carbons (Fsp3) is 0.700. The predicted molar refractivity (Wildman–Crippen MR) is 68.0 cm³/mol. The number of carbonyl (C=O) groups is 1. The SMILES string of the molecule is C#CCOCSSC(C)(C)NC(=O)C(F)(F)CF. The Labute approximate surface area is 112 Å². The van der Waals surface area contributed by atoms with E-state index < -0.39 is 23.4 Å². The van der Waals surface area contributed by atoms with Crippen molar-refractivity contribution >= 4 is 27.5 Å². The second-order valence-electron chi connectivity index (χ2n) is 3.67. The van der Waals surface area contributed by atoms with Crippen molar-refractivity contribution in [2.24, 2.45) is 0 Å². The molecule has 0 aliphatic rings. The van der Waals surface area contributed by atoms with E-state index in [-0.39, 0.29) is 12.5 Å². The summed E-state index contributed by atoms with van der Waals surface area (Å²) in [5, 5.41) is 2.06. The minimum absolute atomic E-state index is 0.153. The number of terminal acetylenes is 1. The minimum Gasteiger partial charge on any atom is -0.357 e. The third-order valence-electron chi connectivity index (χ3n) is 1.50. The summed E-state index contributed by atoms with van der Waals surface area (Å²) in [6.45, 7) is 1.19. The lowest BCUT2D eigenvalue weighted by Crippen LogP contribution is -2.49. The summed E-state index contributed by atoms with van der Waals surface area (Å²) in [6.07, 6.45) is 4.96. The molecular formula is C10H14F3NO2S2. The molecule has 0 aliphatic heterocycles. The first-order valence-corrected chi connectivity index (χ1v) is 7.15. The summed E-state index contributed by atoms with van der Waals surface area (Å²) in [7, 11) is 2.33. The molecule has 0 fully saturated rings. The average Bonchev–Trinajstić information content (AvgIpc) is 2.28. The maximum Gasteiger partial charge on any atom is 0.352 e. The van der Waals surface area contributed by atoms with Gasteiger partial charge in [-0.1, -0.05) is 27.5 Å². The number of halogens is 3. The molecule has 18 heavy (non-hydrogen) atoms. The van der Waals surface area contributed by atoms with E-state index >= 15 is 0 Å². The van der Waals surface area contributed by atoms with E-state index in [0.717, 1.165) is 10.8 Å². The second-order valence-corrected chi connectivity index (χ2v) is 6.54. The number of hydrogen-bond donors (Lipinski definition) is 1. The van der Waals surface area contributed by atoms with Crippen molar-refractivity contribution in [3.63, 3.8) is 0 Å². The molecule has 0 atom stereocenters. The number of carbonyl (C=O) groups excluding carboxylic acids is 1. The standard InChI is InChI=1S/C10H14F3NO2S2/c1-4-5-16-7-17-18-9(2,3)14-8(15)10(12,13)6-11/h1H,5-7H2,2-3H3,(H,14,15). The topological polar surface area (TPSA) is 38.3 Å². The molecule has 1 N–H and O–H groups in total. The van der Waals surface area contributed by atoms with Gasteiger partial charge in [-0.15, -0.1) is 6.42 Å². The van der Waals surface area contributed by atoms with Gasteiger partial charge in [0, 0.05) is 0 Å². The third-order valence-corrected chi connectivity index (χ3v) is 4.29. The Bertz CT molecular complexity index is 319. The normalized spacial score (nSPS) is 12.0. The fourth-order valence-corrected chi connectivity index (χ4v) is 2.74. The van der Waals surface area contributed by atoms with Gasteiger partial charge in [0.1, 0.15) is 12.5 Å². The summed E-state index contributed by atoms with van der Waals surface area (Å²) in [4.78, 5) is 10.1. The Morgan fingerprint density at radius 1 is 1.50 bits per heavy atom. The van der Waals surface area contributed by atoms with Crippen molar-refractivity contribution < 1.29 is 22.7 Å². The van der Waals surface area contributed by atoms with Gasteiger partial charge in [0.15, 0.2) is 6.67 Å². The molecule has 0 heterocycles. The lowest BCUT2D eigenvalue weighted by Gasteiger charge is -2.26. The van der Waals surface area contributed by atoms with Crippen LogP contribution in [0.25, 0.3) is 0 Å². The summed E-state index contributed by atoms with van der Waals surface area (Å²) >= 11 is 0. The number of alkyl halides is 3. The molecule has 0 unspecified atom stereocenters. The zero-order valence-corrected chi connectivity index (χ0v) is 11.6. The quantitative estimate of drug-likeness (QED) is 0.323. The van der Waals surface area contributed by atoms with Crippen LogP contribution in [0.4, 0.5) is 13.2 Å². The van der Waals surface area contributed by atoms with Crippen molar-refractivity contribution in [2.45, 2.75) is 24.6 Å². The third kappa shape index (κ3) is 7.03. The molecule has 8 heteroatoms. The van der Waals surface area contributed by atoms with Crippen molar-refractivity contribution in [2.75, 3.05) is 19.2 Å². The number of nitrogens with one attached hydrogen (secondary N) is 1. The maximum atomic E-state index is 12.7. The molecule has 104 valence electrons. The molecule has 0 aliphatic carbocycles. The molecular weight excluding hydrogens is 287 g/mol. The van der Waals surface area contributed by atoms with E-state index in [1.54, 1.807) is 0 Å². The maximum absolute atomic E-state index is 12.7. The highest BCUT2D eigenvalue weighted by Crippen LogP contribution is 2.34. The lowest BCUT2D eigenvalue weighted by atomic mass is 10.3. The van der Waals surface area contributed by atoms with Crippen molar-refractivity contribution in [3.8, 4) is 12.3 Å². The van der Waals surface area contributed by atoms with Crippen molar-refractivity contribution in [1.29, 1.82) is 0 Å². The molecule has 0 saturated carbocycles. The first-order valence-electron chi connectivity index (χ1n) is 4.83. The highest BCUT2D eigenvalue weighted by molar-refractivity contribution is 8.77. The molecule has 0 spiro atoms. The van der Waals surface area contributed by atoms with Crippen molar-refractivity contribution in [3.05, 3.63) is 0 Å².